The maximum Gasteiger partial charge on any atom is 0.227 e. The van der Waals surface area contributed by atoms with Crippen LogP contribution in [-0.4, -0.2) is 63.3 Å². The van der Waals surface area contributed by atoms with Crippen molar-refractivity contribution in [3.8, 4) is 0 Å². The molecule has 2 saturated heterocycles. The first-order valence-electron chi connectivity index (χ1n) is 9.94. The fourth-order valence-electron chi connectivity index (χ4n) is 4.25. The highest BCUT2D eigenvalue weighted by molar-refractivity contribution is 7.88. The molecule has 1 amide bonds. The van der Waals surface area contributed by atoms with E-state index in [2.05, 4.69) is 5.32 Å². The van der Waals surface area contributed by atoms with Gasteiger partial charge in [-0.3, -0.25) is 4.79 Å². The van der Waals surface area contributed by atoms with Crippen LogP contribution in [0.5, 0.6) is 0 Å². The third-order valence-electron chi connectivity index (χ3n) is 5.64. The lowest BCUT2D eigenvalue weighted by molar-refractivity contribution is -0.138. The summed E-state index contributed by atoms with van der Waals surface area (Å²) < 4.78 is 27.2. The van der Waals surface area contributed by atoms with Gasteiger partial charge in [0.2, 0.25) is 15.9 Å². The Morgan fingerprint density at radius 1 is 1.11 bits per heavy atom. The van der Waals surface area contributed by atoms with Crippen molar-refractivity contribution in [2.24, 2.45) is 11.8 Å². The van der Waals surface area contributed by atoms with Crippen LogP contribution in [0.25, 0.3) is 0 Å². The third kappa shape index (κ3) is 5.30. The molecule has 2 heterocycles. The molecular weight excluding hydrogens is 362 g/mol. The molecule has 2 fully saturated rings. The Labute approximate surface area is 163 Å². The van der Waals surface area contributed by atoms with Gasteiger partial charge >= 0.3 is 0 Å². The molecule has 0 saturated carbocycles. The molecule has 0 aliphatic carbocycles. The van der Waals surface area contributed by atoms with Crippen LogP contribution in [0.4, 0.5) is 0 Å². The molecule has 7 heteroatoms. The Bertz CT molecular complexity index is 721. The lowest BCUT2D eigenvalue weighted by atomic mass is 9.93. The minimum Gasteiger partial charge on any atom is -0.342 e. The van der Waals surface area contributed by atoms with Crippen molar-refractivity contribution in [3.05, 3.63) is 35.9 Å². The quantitative estimate of drug-likeness (QED) is 0.798. The molecule has 1 aromatic rings. The van der Waals surface area contributed by atoms with E-state index in [1.54, 1.807) is 0 Å². The maximum atomic E-state index is 13.0. The fourth-order valence-corrected chi connectivity index (χ4v) is 5.86. The van der Waals surface area contributed by atoms with Crippen molar-refractivity contribution in [2.45, 2.75) is 31.4 Å². The fraction of sp³-hybridized carbons (Fsp3) is 0.650. The van der Waals surface area contributed by atoms with Gasteiger partial charge in [-0.1, -0.05) is 30.3 Å². The van der Waals surface area contributed by atoms with E-state index in [-0.39, 0.29) is 17.6 Å². The summed E-state index contributed by atoms with van der Waals surface area (Å²) in [5, 5.41) is 3.20. The van der Waals surface area contributed by atoms with Crippen molar-refractivity contribution < 1.29 is 13.2 Å². The van der Waals surface area contributed by atoms with Crippen molar-refractivity contribution >= 4 is 15.9 Å². The topological polar surface area (TPSA) is 69.7 Å². The molecule has 1 N–H and O–H groups in total. The first kappa shape index (κ1) is 20.3. The maximum absolute atomic E-state index is 13.0. The zero-order chi connectivity index (χ0) is 19.3. The van der Waals surface area contributed by atoms with E-state index in [0.29, 0.717) is 19.0 Å². The van der Waals surface area contributed by atoms with E-state index in [4.69, 9.17) is 0 Å². The number of hydrogen-bond acceptors (Lipinski definition) is 4. The van der Waals surface area contributed by atoms with Crippen LogP contribution < -0.4 is 5.32 Å². The number of hydrogen-bond donors (Lipinski definition) is 1. The number of nitrogens with zero attached hydrogens (tertiary/aromatic N) is 2. The van der Waals surface area contributed by atoms with Gasteiger partial charge in [0.05, 0.1) is 11.7 Å². The summed E-state index contributed by atoms with van der Waals surface area (Å²) in [6.45, 7) is 3.34. The molecule has 0 aromatic heterocycles. The number of rotatable bonds is 6. The molecule has 0 radical (unpaired) electrons. The largest absolute Gasteiger partial charge is 0.342 e. The number of piperidine rings is 2. The third-order valence-corrected chi connectivity index (χ3v) is 7.46. The van der Waals surface area contributed by atoms with E-state index in [1.807, 2.05) is 42.3 Å². The summed E-state index contributed by atoms with van der Waals surface area (Å²) in [6, 6.07) is 9.25. The van der Waals surface area contributed by atoms with Gasteiger partial charge < -0.3 is 10.2 Å². The predicted octanol–water partition coefficient (Wildman–Crippen LogP) is 1.69. The van der Waals surface area contributed by atoms with Crippen molar-refractivity contribution in [1.29, 1.82) is 0 Å². The van der Waals surface area contributed by atoms with Gasteiger partial charge in [0.25, 0.3) is 0 Å². The van der Waals surface area contributed by atoms with Crippen LogP contribution in [0.2, 0.25) is 0 Å². The van der Waals surface area contributed by atoms with Crippen LogP contribution in [0, 0.1) is 11.8 Å². The minimum atomic E-state index is -3.40. The zero-order valence-electron chi connectivity index (χ0n) is 16.1. The number of amides is 1. The summed E-state index contributed by atoms with van der Waals surface area (Å²) in [4.78, 5) is 15.0. The first-order valence-corrected chi connectivity index (χ1v) is 11.6. The number of nitrogens with one attached hydrogen (secondary N) is 1. The van der Waals surface area contributed by atoms with Crippen LogP contribution in [0.15, 0.2) is 30.3 Å². The van der Waals surface area contributed by atoms with E-state index < -0.39 is 10.0 Å². The van der Waals surface area contributed by atoms with Gasteiger partial charge in [-0.15, -0.1) is 0 Å². The minimum absolute atomic E-state index is 0.00269. The summed E-state index contributed by atoms with van der Waals surface area (Å²) in [6.07, 6.45) is 3.70. The normalized spacial score (nSPS) is 24.7. The second kappa shape index (κ2) is 9.17. The zero-order valence-corrected chi connectivity index (χ0v) is 17.0. The van der Waals surface area contributed by atoms with E-state index in [9.17, 15) is 13.2 Å². The highest BCUT2D eigenvalue weighted by atomic mass is 32.2. The smallest absolute Gasteiger partial charge is 0.227 e. The predicted molar refractivity (Wildman–Crippen MR) is 107 cm³/mol. The van der Waals surface area contributed by atoms with Crippen molar-refractivity contribution in [3.63, 3.8) is 0 Å². The Morgan fingerprint density at radius 2 is 1.85 bits per heavy atom. The van der Waals surface area contributed by atoms with E-state index in [0.717, 1.165) is 50.9 Å². The standard InChI is InChI=1S/C20H31N3O3S/c1-21-13-18-9-5-11-22(14-18)20(24)19-10-6-12-23(15-19)27(25,26)16-17-7-3-2-4-8-17/h2-4,7-8,18-19,21H,5-6,9-16H2,1H3. The number of sulfonamides is 1. The van der Waals surface area contributed by atoms with E-state index >= 15 is 0 Å². The first-order chi connectivity index (χ1) is 13.0. The molecule has 3 rings (SSSR count). The Morgan fingerprint density at radius 3 is 2.59 bits per heavy atom. The average molecular weight is 394 g/mol. The number of carbonyl (C=O) groups excluding carboxylic acids is 1. The Kier molecular flexibility index (Phi) is 6.89. The van der Waals surface area contributed by atoms with Gasteiger partial charge in [0.15, 0.2) is 0 Å². The van der Waals surface area contributed by atoms with Crippen LogP contribution >= 0.6 is 0 Å². The van der Waals surface area contributed by atoms with Crippen molar-refractivity contribution in [1.82, 2.24) is 14.5 Å². The Hall–Kier alpha value is -1.44. The molecular formula is C20H31N3O3S. The second-order valence-corrected chi connectivity index (χ2v) is 9.76. The molecule has 150 valence electrons. The second-order valence-electron chi connectivity index (χ2n) is 7.79. The molecule has 6 nitrogen and oxygen atoms in total. The molecule has 0 spiro atoms. The lowest BCUT2D eigenvalue weighted by Crippen LogP contribution is -2.50. The number of likely N-dealkylation sites (tertiary alicyclic amines) is 1. The van der Waals surface area contributed by atoms with Crippen LogP contribution in [-0.2, 0) is 20.6 Å². The highest BCUT2D eigenvalue weighted by Crippen LogP contribution is 2.25. The molecule has 0 bridgehead atoms. The molecule has 27 heavy (non-hydrogen) atoms. The van der Waals surface area contributed by atoms with Gasteiger partial charge in [-0.05, 0) is 50.8 Å². The molecule has 1 aromatic carbocycles. The summed E-state index contributed by atoms with van der Waals surface area (Å²) in [5.74, 6) is 0.421. The number of carbonyl (C=O) groups is 1. The molecule has 2 atom stereocenters. The summed E-state index contributed by atoms with van der Waals surface area (Å²) in [7, 11) is -1.46. The van der Waals surface area contributed by atoms with Gasteiger partial charge in [-0.2, -0.15) is 0 Å². The molecule has 2 unspecified atom stereocenters. The van der Waals surface area contributed by atoms with Gasteiger partial charge in [0, 0.05) is 26.2 Å². The highest BCUT2D eigenvalue weighted by Gasteiger charge is 2.35. The average Bonchev–Trinajstić information content (AvgIpc) is 2.68. The van der Waals surface area contributed by atoms with Crippen molar-refractivity contribution in [2.75, 3.05) is 39.8 Å². The molecule has 2 aliphatic heterocycles. The lowest BCUT2D eigenvalue weighted by Gasteiger charge is -2.38. The van der Waals surface area contributed by atoms with Gasteiger partial charge in [-0.25, -0.2) is 12.7 Å². The SMILES string of the molecule is CNCC1CCCN(C(=O)C2CCCN(S(=O)(=O)Cc3ccccc3)C2)C1. The summed E-state index contributed by atoms with van der Waals surface area (Å²) in [5.41, 5.74) is 0.789. The monoisotopic (exact) mass is 393 g/mol. The Balaban J connectivity index is 1.62. The van der Waals surface area contributed by atoms with E-state index in [1.165, 1.54) is 4.31 Å². The van der Waals surface area contributed by atoms with Crippen LogP contribution in [0.3, 0.4) is 0 Å². The summed E-state index contributed by atoms with van der Waals surface area (Å²) >= 11 is 0. The number of benzene rings is 1. The van der Waals surface area contributed by atoms with Crippen LogP contribution in [0.1, 0.15) is 31.2 Å². The van der Waals surface area contributed by atoms with Gasteiger partial charge in [0.1, 0.15) is 0 Å². The molecule has 2 aliphatic rings.